The Morgan fingerprint density at radius 1 is 1.21 bits per heavy atom. The Morgan fingerprint density at radius 3 is 2.29 bits per heavy atom. The molecule has 1 aromatic carbocycles. The summed E-state index contributed by atoms with van der Waals surface area (Å²) in [6, 6.07) is -1.66. The van der Waals surface area contributed by atoms with Crippen molar-refractivity contribution >= 4 is 29.2 Å². The van der Waals surface area contributed by atoms with Crippen molar-refractivity contribution in [2.75, 3.05) is 0 Å². The summed E-state index contributed by atoms with van der Waals surface area (Å²) < 4.78 is 30.2. The molecule has 0 aromatic heterocycles. The minimum absolute atomic E-state index is 0.281. The fourth-order valence-electron chi connectivity index (χ4n) is 0.618. The van der Waals surface area contributed by atoms with E-state index in [4.69, 9.17) is 34.3 Å². The Balaban J connectivity index is 3.48. The summed E-state index contributed by atoms with van der Waals surface area (Å²) in [7, 11) is 0. The Bertz CT molecular complexity index is 524. The highest BCUT2D eigenvalue weighted by Gasteiger charge is 1.92. The van der Waals surface area contributed by atoms with Gasteiger partial charge in [0.15, 0.2) is 5.96 Å². The van der Waals surface area contributed by atoms with Gasteiger partial charge >= 0.3 is 0 Å². The smallest absolute Gasteiger partial charge is 0.223 e. The van der Waals surface area contributed by atoms with Gasteiger partial charge in [0.25, 0.3) is 0 Å². The van der Waals surface area contributed by atoms with Crippen molar-refractivity contribution in [3.8, 4) is 0 Å². The molecule has 0 saturated carbocycles. The summed E-state index contributed by atoms with van der Waals surface area (Å²) in [5.41, 5.74) is 15.3. The zero-order valence-electron chi connectivity index (χ0n) is 11.0. The average Bonchev–Trinajstić information content (AvgIpc) is 2.29. The lowest BCUT2D eigenvalue weighted by atomic mass is 10.3. The lowest BCUT2D eigenvalue weighted by Crippen LogP contribution is -2.26. The van der Waals surface area contributed by atoms with Gasteiger partial charge in [-0.15, -0.1) is 0 Å². The van der Waals surface area contributed by atoms with Crippen LogP contribution in [0.2, 0.25) is 5.02 Å². The van der Waals surface area contributed by atoms with Crippen molar-refractivity contribution in [2.24, 2.45) is 27.2 Å². The molecular formula is C8H10ClN5. The van der Waals surface area contributed by atoms with Gasteiger partial charge in [-0.3, -0.25) is 0 Å². The third-order valence-corrected chi connectivity index (χ3v) is 1.24. The summed E-state index contributed by atoms with van der Waals surface area (Å²) in [6.45, 7) is 0. The first-order valence-corrected chi connectivity index (χ1v) is 3.83. The number of aliphatic imine (C=N–C) groups is 2. The Labute approximate surface area is 91.9 Å². The van der Waals surface area contributed by atoms with Gasteiger partial charge in [0.05, 0.1) is 11.2 Å². The monoisotopic (exact) mass is 215 g/mol. The first-order valence-electron chi connectivity index (χ1n) is 5.45. The molecule has 1 aromatic rings. The van der Waals surface area contributed by atoms with Crippen LogP contribution in [-0.4, -0.2) is 11.9 Å². The highest BCUT2D eigenvalue weighted by molar-refractivity contribution is 6.30. The molecule has 0 atom stereocenters. The molecule has 0 saturated heterocycles. The Hall–Kier alpha value is -1.75. The zero-order valence-corrected chi connectivity index (χ0v) is 7.76. The third-order valence-electron chi connectivity index (χ3n) is 1.05. The fourth-order valence-corrected chi connectivity index (χ4v) is 0.713. The van der Waals surface area contributed by atoms with Gasteiger partial charge in [-0.1, -0.05) is 11.6 Å². The molecule has 0 fully saturated rings. The number of nitrogens with two attached hydrogens (primary N) is 3. The zero-order chi connectivity index (χ0) is 14.0. The van der Waals surface area contributed by atoms with E-state index in [1.807, 2.05) is 0 Å². The fraction of sp³-hybridized carbons (Fsp3) is 0. The number of hydrogen-bond acceptors (Lipinski definition) is 1. The topological polar surface area (TPSA) is 103 Å². The summed E-state index contributed by atoms with van der Waals surface area (Å²) in [6.07, 6.45) is 0. The van der Waals surface area contributed by atoms with E-state index < -0.39 is 24.2 Å². The predicted octanol–water partition coefficient (Wildman–Crippen LogP) is 0.560. The highest BCUT2D eigenvalue weighted by Crippen LogP contribution is 2.15. The van der Waals surface area contributed by atoms with Gasteiger partial charge in [0, 0.05) is 5.02 Å². The maximum Gasteiger partial charge on any atom is 0.223 e. The van der Waals surface area contributed by atoms with Crippen molar-refractivity contribution < 1.29 is 5.48 Å². The molecule has 0 aliphatic carbocycles. The van der Waals surface area contributed by atoms with E-state index in [2.05, 4.69) is 9.98 Å². The van der Waals surface area contributed by atoms with E-state index >= 15 is 0 Å². The minimum atomic E-state index is -0.422. The van der Waals surface area contributed by atoms with Crippen molar-refractivity contribution in [3.63, 3.8) is 0 Å². The number of guanidine groups is 2. The van der Waals surface area contributed by atoms with Gasteiger partial charge < -0.3 is 17.2 Å². The lowest BCUT2D eigenvalue weighted by Gasteiger charge is -1.95. The number of halogens is 1. The predicted molar refractivity (Wildman–Crippen MR) is 58.5 cm³/mol. The second kappa shape index (κ2) is 4.48. The van der Waals surface area contributed by atoms with Crippen molar-refractivity contribution in [1.82, 2.24) is 0 Å². The molecule has 6 heteroatoms. The normalized spacial score (nSPS) is 15.1. The van der Waals surface area contributed by atoms with Crippen LogP contribution in [0.4, 0.5) is 5.69 Å². The summed E-state index contributed by atoms with van der Waals surface area (Å²) in [5.74, 6) is -0.710. The number of hydrogen-bond donors (Lipinski definition) is 3. The van der Waals surface area contributed by atoms with E-state index in [0.717, 1.165) is 0 Å². The molecule has 0 bridgehead atoms. The first-order chi connectivity index (χ1) is 8.25. The van der Waals surface area contributed by atoms with E-state index in [9.17, 15) is 0 Å². The average molecular weight is 216 g/mol. The number of benzene rings is 1. The maximum atomic E-state index is 7.60. The standard InChI is InChI=1S/C8H10ClN5/c9-5-1-3-6(4-2-5)13-8(12)14-7(10)11/h1-4H,(H6,10,11,12,13,14)/i1D,2D,3D,4D. The van der Waals surface area contributed by atoms with Crippen LogP contribution in [0.3, 0.4) is 0 Å². The van der Waals surface area contributed by atoms with Crippen LogP contribution in [0.25, 0.3) is 0 Å². The first kappa shape index (κ1) is 5.87. The second-order valence-corrected chi connectivity index (χ2v) is 2.55. The second-order valence-electron chi connectivity index (χ2n) is 2.17. The molecule has 0 spiro atoms. The highest BCUT2D eigenvalue weighted by atomic mass is 35.5. The van der Waals surface area contributed by atoms with Gasteiger partial charge in [0.2, 0.25) is 5.96 Å². The molecule has 0 radical (unpaired) electrons. The molecule has 14 heavy (non-hydrogen) atoms. The van der Waals surface area contributed by atoms with E-state index in [1.54, 1.807) is 0 Å². The quantitative estimate of drug-likeness (QED) is 0.471. The maximum absolute atomic E-state index is 7.60. The third kappa shape index (κ3) is 3.32. The molecule has 0 aliphatic rings. The van der Waals surface area contributed by atoms with Crippen LogP contribution in [0.1, 0.15) is 5.48 Å². The van der Waals surface area contributed by atoms with Gasteiger partial charge in [-0.2, -0.15) is 4.99 Å². The van der Waals surface area contributed by atoms with Gasteiger partial charge in [-0.25, -0.2) is 4.99 Å². The molecule has 74 valence electrons. The van der Waals surface area contributed by atoms with Crippen LogP contribution in [0.5, 0.6) is 0 Å². The lowest BCUT2D eigenvalue weighted by molar-refractivity contribution is 1.38. The minimum Gasteiger partial charge on any atom is -0.370 e. The van der Waals surface area contributed by atoms with Crippen LogP contribution in [-0.2, 0) is 0 Å². The summed E-state index contributed by atoms with van der Waals surface area (Å²) in [5, 5.41) is -0.288. The van der Waals surface area contributed by atoms with Gasteiger partial charge in [0.1, 0.15) is 0 Å². The van der Waals surface area contributed by atoms with Crippen LogP contribution in [0, 0.1) is 0 Å². The van der Waals surface area contributed by atoms with Crippen molar-refractivity contribution in [3.05, 3.63) is 29.2 Å². The molecular weight excluding hydrogens is 202 g/mol. The van der Waals surface area contributed by atoms with E-state index in [1.165, 1.54) is 0 Å². The number of nitrogens with zero attached hydrogens (tertiary/aromatic N) is 2. The van der Waals surface area contributed by atoms with Crippen LogP contribution >= 0.6 is 11.6 Å². The SMILES string of the molecule is [2H]c1c([2H])c(N=C(N)N=C(N)N)c([2H])c([2H])c1Cl. The van der Waals surface area contributed by atoms with Crippen molar-refractivity contribution in [1.29, 1.82) is 0 Å². The summed E-state index contributed by atoms with van der Waals surface area (Å²) in [4.78, 5) is 7.05. The molecule has 0 amide bonds. The van der Waals surface area contributed by atoms with Crippen LogP contribution < -0.4 is 17.2 Å². The summed E-state index contributed by atoms with van der Waals surface area (Å²) >= 11 is 5.62. The largest absolute Gasteiger partial charge is 0.370 e. The molecule has 0 heterocycles. The van der Waals surface area contributed by atoms with E-state index in [-0.39, 0.29) is 22.6 Å². The van der Waals surface area contributed by atoms with Crippen molar-refractivity contribution in [2.45, 2.75) is 0 Å². The number of rotatable bonds is 1. The Morgan fingerprint density at radius 2 is 1.79 bits per heavy atom. The molecule has 0 unspecified atom stereocenters. The molecule has 6 N–H and O–H groups in total. The Kier molecular flexibility index (Phi) is 1.88. The molecule has 0 aliphatic heterocycles. The van der Waals surface area contributed by atoms with Gasteiger partial charge in [-0.05, 0) is 24.2 Å². The molecule has 1 rings (SSSR count). The molecule has 5 nitrogen and oxygen atoms in total. The van der Waals surface area contributed by atoms with Crippen LogP contribution in [0.15, 0.2) is 34.2 Å². The van der Waals surface area contributed by atoms with E-state index in [0.29, 0.717) is 0 Å².